The van der Waals surface area contributed by atoms with Crippen LogP contribution in [-0.4, -0.2) is 34.6 Å². The number of nitrogens with zero attached hydrogens (tertiary/aromatic N) is 1. The molecule has 1 fully saturated rings. The smallest absolute Gasteiger partial charge is 0.257 e. The fourth-order valence-corrected chi connectivity index (χ4v) is 2.78. The molecule has 1 aliphatic rings. The third-order valence-electron chi connectivity index (χ3n) is 4.06. The molecule has 1 amide bonds. The normalized spacial score (nSPS) is 23.8. The van der Waals surface area contributed by atoms with Crippen LogP contribution in [0.1, 0.15) is 36.5 Å². The Balaban J connectivity index is 1.85. The van der Waals surface area contributed by atoms with Crippen LogP contribution in [0.3, 0.4) is 0 Å². The lowest BCUT2D eigenvalue weighted by molar-refractivity contribution is 0.0438. The number of para-hydroxylation sites is 1. The summed E-state index contributed by atoms with van der Waals surface area (Å²) >= 11 is 0. The Morgan fingerprint density at radius 1 is 1.30 bits per heavy atom. The first-order valence-electron chi connectivity index (χ1n) is 7.05. The quantitative estimate of drug-likeness (QED) is 0.869. The molecule has 1 saturated heterocycles. The number of furan rings is 1. The summed E-state index contributed by atoms with van der Waals surface area (Å²) in [5, 5.41) is 11.0. The van der Waals surface area contributed by atoms with Gasteiger partial charge in [-0.05, 0) is 32.3 Å². The van der Waals surface area contributed by atoms with Crippen molar-refractivity contribution in [2.24, 2.45) is 0 Å². The number of amides is 1. The average Bonchev–Trinajstić information content (AvgIpc) is 2.77. The predicted molar refractivity (Wildman–Crippen MR) is 76.6 cm³/mol. The van der Waals surface area contributed by atoms with Crippen LogP contribution < -0.4 is 0 Å². The molecular formula is C16H19NO3. The van der Waals surface area contributed by atoms with Crippen molar-refractivity contribution in [2.45, 2.75) is 31.8 Å². The van der Waals surface area contributed by atoms with Crippen molar-refractivity contribution in [3.8, 4) is 0 Å². The Labute approximate surface area is 118 Å². The van der Waals surface area contributed by atoms with Gasteiger partial charge in [0.2, 0.25) is 0 Å². The first kappa shape index (κ1) is 13.2. The fraction of sp³-hybridized carbons (Fsp3) is 0.438. The predicted octanol–water partition coefficient (Wildman–Crippen LogP) is 2.81. The van der Waals surface area contributed by atoms with E-state index >= 15 is 0 Å². The highest BCUT2D eigenvalue weighted by atomic mass is 16.3. The van der Waals surface area contributed by atoms with Crippen LogP contribution in [0.5, 0.6) is 0 Å². The molecule has 2 heterocycles. The van der Waals surface area contributed by atoms with Crippen molar-refractivity contribution in [3.05, 3.63) is 36.1 Å². The zero-order valence-electron chi connectivity index (χ0n) is 11.6. The summed E-state index contributed by atoms with van der Waals surface area (Å²) in [6, 6.07) is 7.56. The first-order valence-corrected chi connectivity index (χ1v) is 7.05. The Morgan fingerprint density at radius 2 is 2.10 bits per heavy atom. The highest BCUT2D eigenvalue weighted by Gasteiger charge is 2.28. The van der Waals surface area contributed by atoms with Gasteiger partial charge in [-0.2, -0.15) is 0 Å². The molecule has 1 unspecified atom stereocenters. The van der Waals surface area contributed by atoms with E-state index in [-0.39, 0.29) is 5.91 Å². The van der Waals surface area contributed by atoms with Crippen LogP contribution >= 0.6 is 0 Å². The molecule has 1 aliphatic heterocycles. The lowest BCUT2D eigenvalue weighted by Gasteiger charge is -2.22. The maximum Gasteiger partial charge on any atom is 0.257 e. The van der Waals surface area contributed by atoms with Gasteiger partial charge in [-0.3, -0.25) is 4.79 Å². The minimum atomic E-state index is -0.659. The van der Waals surface area contributed by atoms with Crippen LogP contribution in [0.4, 0.5) is 0 Å². The molecule has 3 rings (SSSR count). The fourth-order valence-electron chi connectivity index (χ4n) is 2.78. The van der Waals surface area contributed by atoms with Crippen molar-refractivity contribution in [1.29, 1.82) is 0 Å². The van der Waals surface area contributed by atoms with E-state index in [1.165, 1.54) is 6.26 Å². The Hall–Kier alpha value is -1.81. The molecule has 0 radical (unpaired) electrons. The van der Waals surface area contributed by atoms with E-state index in [2.05, 4.69) is 0 Å². The summed E-state index contributed by atoms with van der Waals surface area (Å²) in [5.74, 6) is -0.00681. The third-order valence-corrected chi connectivity index (χ3v) is 4.06. The summed E-state index contributed by atoms with van der Waals surface area (Å²) in [6.07, 6.45) is 3.72. The Bertz CT molecular complexity index is 629. The number of likely N-dealkylation sites (tertiary alicyclic amines) is 1. The van der Waals surface area contributed by atoms with E-state index in [1.807, 2.05) is 36.1 Å². The molecule has 4 heteroatoms. The van der Waals surface area contributed by atoms with Gasteiger partial charge in [0.05, 0.1) is 11.2 Å². The molecule has 0 spiro atoms. The number of fused-ring (bicyclic) bond motifs is 1. The maximum atomic E-state index is 12.6. The average molecular weight is 273 g/mol. The number of carbonyl (C=O) groups excluding carboxylic acids is 1. The van der Waals surface area contributed by atoms with E-state index < -0.39 is 5.60 Å². The van der Waals surface area contributed by atoms with Gasteiger partial charge >= 0.3 is 0 Å². The lowest BCUT2D eigenvalue weighted by atomic mass is 9.98. The van der Waals surface area contributed by atoms with Gasteiger partial charge in [0.15, 0.2) is 0 Å². The SMILES string of the molecule is CC1(O)CCCN(C(=O)c2coc3ccccc23)CC1. The number of rotatable bonds is 1. The minimum absolute atomic E-state index is 0.00681. The summed E-state index contributed by atoms with van der Waals surface area (Å²) in [4.78, 5) is 14.4. The molecule has 1 aromatic carbocycles. The molecular weight excluding hydrogens is 254 g/mol. The van der Waals surface area contributed by atoms with Crippen molar-refractivity contribution in [1.82, 2.24) is 4.90 Å². The Kier molecular flexibility index (Phi) is 3.26. The van der Waals surface area contributed by atoms with Gasteiger partial charge < -0.3 is 14.4 Å². The molecule has 1 atom stereocenters. The van der Waals surface area contributed by atoms with Crippen LogP contribution in [0.25, 0.3) is 11.0 Å². The van der Waals surface area contributed by atoms with Crippen LogP contribution in [0.2, 0.25) is 0 Å². The van der Waals surface area contributed by atoms with E-state index in [4.69, 9.17) is 4.42 Å². The first-order chi connectivity index (χ1) is 9.57. The molecule has 1 aromatic heterocycles. The highest BCUT2D eigenvalue weighted by Crippen LogP contribution is 2.25. The number of carbonyl (C=O) groups is 1. The molecule has 0 aliphatic carbocycles. The van der Waals surface area contributed by atoms with Gasteiger partial charge in [0.25, 0.3) is 5.91 Å². The van der Waals surface area contributed by atoms with E-state index in [0.717, 1.165) is 23.8 Å². The van der Waals surface area contributed by atoms with E-state index in [1.54, 1.807) is 0 Å². The zero-order chi connectivity index (χ0) is 14.2. The number of aliphatic hydroxyl groups is 1. The van der Waals surface area contributed by atoms with Crippen LogP contribution in [0.15, 0.2) is 34.9 Å². The largest absolute Gasteiger partial charge is 0.463 e. The molecule has 4 nitrogen and oxygen atoms in total. The molecule has 20 heavy (non-hydrogen) atoms. The molecule has 0 bridgehead atoms. The second-order valence-electron chi connectivity index (χ2n) is 5.79. The molecule has 0 saturated carbocycles. The van der Waals surface area contributed by atoms with Gasteiger partial charge in [0.1, 0.15) is 11.8 Å². The van der Waals surface area contributed by atoms with Gasteiger partial charge in [0, 0.05) is 18.5 Å². The Morgan fingerprint density at radius 3 is 2.95 bits per heavy atom. The van der Waals surface area contributed by atoms with E-state index in [0.29, 0.717) is 25.1 Å². The van der Waals surface area contributed by atoms with Crippen molar-refractivity contribution >= 4 is 16.9 Å². The van der Waals surface area contributed by atoms with Crippen molar-refractivity contribution in [3.63, 3.8) is 0 Å². The summed E-state index contributed by atoms with van der Waals surface area (Å²) in [6.45, 7) is 3.12. The number of benzene rings is 1. The molecule has 2 aromatic rings. The van der Waals surface area contributed by atoms with Crippen molar-refractivity contribution < 1.29 is 14.3 Å². The van der Waals surface area contributed by atoms with Crippen molar-refractivity contribution in [2.75, 3.05) is 13.1 Å². The standard InChI is InChI=1S/C16H19NO3/c1-16(19)7-4-9-17(10-8-16)15(18)13-11-20-14-6-3-2-5-12(13)14/h2-3,5-6,11,19H,4,7-10H2,1H3. The van der Waals surface area contributed by atoms with Gasteiger partial charge in [-0.15, -0.1) is 0 Å². The van der Waals surface area contributed by atoms with Crippen LogP contribution in [-0.2, 0) is 0 Å². The van der Waals surface area contributed by atoms with Gasteiger partial charge in [-0.1, -0.05) is 18.2 Å². The number of hydrogen-bond acceptors (Lipinski definition) is 3. The summed E-state index contributed by atoms with van der Waals surface area (Å²) in [5.41, 5.74) is 0.688. The third kappa shape index (κ3) is 2.43. The van der Waals surface area contributed by atoms with Crippen LogP contribution in [0, 0.1) is 0 Å². The number of hydrogen-bond donors (Lipinski definition) is 1. The maximum absolute atomic E-state index is 12.6. The van der Waals surface area contributed by atoms with Gasteiger partial charge in [-0.25, -0.2) is 0 Å². The topological polar surface area (TPSA) is 53.7 Å². The second kappa shape index (κ2) is 4.94. The van der Waals surface area contributed by atoms with E-state index in [9.17, 15) is 9.90 Å². The summed E-state index contributed by atoms with van der Waals surface area (Å²) in [7, 11) is 0. The minimum Gasteiger partial charge on any atom is -0.463 e. The zero-order valence-corrected chi connectivity index (χ0v) is 11.6. The monoisotopic (exact) mass is 273 g/mol. The summed E-state index contributed by atoms with van der Waals surface area (Å²) < 4.78 is 5.44. The lowest BCUT2D eigenvalue weighted by Crippen LogP contribution is -2.33. The highest BCUT2D eigenvalue weighted by molar-refractivity contribution is 6.05. The molecule has 1 N–H and O–H groups in total. The second-order valence-corrected chi connectivity index (χ2v) is 5.79. The molecule has 106 valence electrons.